The molecule has 2 heteroatoms. The molecule has 0 heterocycles. The lowest BCUT2D eigenvalue weighted by Crippen LogP contribution is -2.16. The number of allylic oxidation sites excluding steroid dienone is 3. The van der Waals surface area contributed by atoms with Gasteiger partial charge in [-0.25, -0.2) is 0 Å². The van der Waals surface area contributed by atoms with Crippen molar-refractivity contribution in [2.75, 3.05) is 9.80 Å². The summed E-state index contributed by atoms with van der Waals surface area (Å²) in [6, 6.07) is 95.7. The van der Waals surface area contributed by atoms with E-state index < -0.39 is 0 Å². The van der Waals surface area contributed by atoms with E-state index in [2.05, 4.69) is 289 Å². The summed E-state index contributed by atoms with van der Waals surface area (Å²) in [6.45, 7) is 0. The molecule has 0 radical (unpaired) electrons. The van der Waals surface area contributed by atoms with E-state index in [4.69, 9.17) is 0 Å². The van der Waals surface area contributed by atoms with E-state index in [9.17, 15) is 0 Å². The molecule has 2 nitrogen and oxygen atoms in total. The van der Waals surface area contributed by atoms with E-state index in [1.54, 1.807) is 0 Å². The predicted octanol–water partition coefficient (Wildman–Crippen LogP) is 19.8. The van der Waals surface area contributed by atoms with Gasteiger partial charge in [-0.15, -0.1) is 0 Å². The highest BCUT2D eigenvalue weighted by Gasteiger charge is 2.24. The van der Waals surface area contributed by atoms with Gasteiger partial charge in [-0.3, -0.25) is 0 Å². The quantitative estimate of drug-likeness (QED) is 0.126. The third kappa shape index (κ3) is 7.71. The van der Waals surface area contributed by atoms with Crippen molar-refractivity contribution in [1.82, 2.24) is 0 Å². The molecule has 1 aliphatic carbocycles. The number of fused-ring (bicyclic) bond motifs is 7. The first-order valence-corrected chi connectivity index (χ1v) is 25.1. The molecule has 13 rings (SSSR count). The van der Waals surface area contributed by atoms with E-state index in [0.717, 1.165) is 46.8 Å². The van der Waals surface area contributed by atoms with Gasteiger partial charge in [0, 0.05) is 34.1 Å². The maximum Gasteiger partial charge on any atom is 0.0462 e. The highest BCUT2D eigenvalue weighted by atomic mass is 15.1. The normalized spacial score (nSPS) is 12.4. The van der Waals surface area contributed by atoms with E-state index in [1.165, 1.54) is 87.7 Å². The zero-order chi connectivity index (χ0) is 47.8. The maximum atomic E-state index is 2.48. The lowest BCUT2D eigenvalue weighted by atomic mass is 9.81. The lowest BCUT2D eigenvalue weighted by Gasteiger charge is -2.28. The molecule has 0 bridgehead atoms. The molecule has 0 saturated heterocycles. The molecule has 340 valence electrons. The van der Waals surface area contributed by atoms with Crippen LogP contribution in [0.25, 0.3) is 87.6 Å². The predicted molar refractivity (Wildman–Crippen MR) is 308 cm³/mol. The average Bonchev–Trinajstić information content (AvgIpc) is 3.46. The van der Waals surface area contributed by atoms with Crippen molar-refractivity contribution in [1.29, 1.82) is 0 Å². The van der Waals surface area contributed by atoms with Crippen molar-refractivity contribution in [2.45, 2.75) is 12.8 Å². The Balaban J connectivity index is 1.09. The Kier molecular flexibility index (Phi) is 11.1. The maximum absolute atomic E-state index is 2.48. The minimum Gasteiger partial charge on any atom is -0.311 e. The average molecular weight is 919 g/mol. The van der Waals surface area contributed by atoms with Crippen LogP contribution in [0.15, 0.2) is 285 Å². The summed E-state index contributed by atoms with van der Waals surface area (Å²) in [6.07, 6.45) is 9.00. The Bertz CT molecular complexity index is 3950. The molecule has 0 aromatic heterocycles. The molecule has 0 aliphatic heterocycles. The third-order valence-electron chi connectivity index (χ3n) is 14.4. The zero-order valence-corrected chi connectivity index (χ0v) is 39.9. The van der Waals surface area contributed by atoms with Crippen LogP contribution in [-0.2, 0) is 0 Å². The van der Waals surface area contributed by atoms with Gasteiger partial charge in [0.1, 0.15) is 0 Å². The van der Waals surface area contributed by atoms with Crippen LogP contribution in [-0.4, -0.2) is 0 Å². The lowest BCUT2D eigenvalue weighted by molar-refractivity contribution is 0.997. The molecule has 12 aromatic carbocycles. The Morgan fingerprint density at radius 1 is 0.278 bits per heavy atom. The van der Waals surface area contributed by atoms with Gasteiger partial charge in [0.15, 0.2) is 0 Å². The van der Waals surface area contributed by atoms with Crippen LogP contribution in [0.3, 0.4) is 0 Å². The number of hydrogen-bond acceptors (Lipinski definition) is 2. The van der Waals surface area contributed by atoms with Crippen LogP contribution in [0.1, 0.15) is 12.8 Å². The Labute approximate surface area is 421 Å². The number of rotatable bonds is 10. The van der Waals surface area contributed by atoms with Crippen LogP contribution in [0, 0.1) is 0 Å². The SMILES string of the molecule is C1=CC(N(c2ccccc2)c2ccc(-c3cc(-c4ccccc4)c(-c4ccc(N(c5ccccc5)c5ccccc5)cc4)c4c5ccccc5c5cc(-c6cccc7ccccc67)ccc5c34)cc2)=CCC1. The van der Waals surface area contributed by atoms with Gasteiger partial charge in [0.25, 0.3) is 0 Å². The van der Waals surface area contributed by atoms with Crippen molar-refractivity contribution < 1.29 is 0 Å². The standard InChI is InChI=1S/C70H50N2/c1-6-21-50(22-7-1)65-48-66(51-37-42-58(43-38-51)71(54-25-8-2-9-26-54)55-27-10-3-11-28-55)69-64-46-41-53(61-36-20-24-49-23-16-17-33-60(49)61)47-67(64)62-34-18-19-35-63(62)70(69)68(65)52-39-44-59(45-40-52)72(56-29-12-4-13-30-56)57-31-14-5-15-32-57/h1-2,4-10,12-48H,3,11H2. The Morgan fingerprint density at radius 3 is 1.43 bits per heavy atom. The molecule has 1 aliphatic rings. The second-order valence-electron chi connectivity index (χ2n) is 18.7. The van der Waals surface area contributed by atoms with E-state index >= 15 is 0 Å². The zero-order valence-electron chi connectivity index (χ0n) is 39.9. The van der Waals surface area contributed by atoms with Crippen molar-refractivity contribution >= 4 is 71.5 Å². The largest absolute Gasteiger partial charge is 0.311 e. The van der Waals surface area contributed by atoms with Gasteiger partial charge in [-0.1, -0.05) is 200 Å². The van der Waals surface area contributed by atoms with Gasteiger partial charge >= 0.3 is 0 Å². The van der Waals surface area contributed by atoms with Gasteiger partial charge < -0.3 is 9.80 Å². The van der Waals surface area contributed by atoms with Crippen LogP contribution in [0.5, 0.6) is 0 Å². The second-order valence-corrected chi connectivity index (χ2v) is 18.7. The Hall–Kier alpha value is -9.24. The van der Waals surface area contributed by atoms with Crippen LogP contribution < -0.4 is 9.80 Å². The van der Waals surface area contributed by atoms with Gasteiger partial charge in [-0.2, -0.15) is 0 Å². The van der Waals surface area contributed by atoms with Gasteiger partial charge in [0.05, 0.1) is 0 Å². The molecule has 0 unspecified atom stereocenters. The summed E-state index contributed by atoms with van der Waals surface area (Å²) in [5.74, 6) is 0. The fourth-order valence-corrected chi connectivity index (χ4v) is 11.1. The summed E-state index contributed by atoms with van der Waals surface area (Å²) in [7, 11) is 0. The molecule has 0 fully saturated rings. The van der Waals surface area contributed by atoms with Crippen molar-refractivity contribution in [3.05, 3.63) is 285 Å². The Morgan fingerprint density at radius 2 is 0.778 bits per heavy atom. The third-order valence-corrected chi connectivity index (χ3v) is 14.4. The molecule has 12 aromatic rings. The van der Waals surface area contributed by atoms with E-state index in [-0.39, 0.29) is 0 Å². The topological polar surface area (TPSA) is 6.48 Å². The number of anilines is 5. The van der Waals surface area contributed by atoms with Crippen molar-refractivity contribution in [3.63, 3.8) is 0 Å². The first kappa shape index (κ1) is 42.8. The highest BCUT2D eigenvalue weighted by Crippen LogP contribution is 2.50. The van der Waals surface area contributed by atoms with E-state index in [0.29, 0.717) is 0 Å². The molecule has 0 spiro atoms. The van der Waals surface area contributed by atoms with Crippen LogP contribution in [0.2, 0.25) is 0 Å². The van der Waals surface area contributed by atoms with Crippen LogP contribution in [0.4, 0.5) is 28.4 Å². The molecular formula is C70H50N2. The molecular weight excluding hydrogens is 869 g/mol. The van der Waals surface area contributed by atoms with Crippen molar-refractivity contribution in [2.24, 2.45) is 0 Å². The van der Waals surface area contributed by atoms with Gasteiger partial charge in [-0.05, 0) is 179 Å². The first-order chi connectivity index (χ1) is 35.7. The molecule has 0 atom stereocenters. The van der Waals surface area contributed by atoms with Crippen LogP contribution >= 0.6 is 0 Å². The monoisotopic (exact) mass is 918 g/mol. The minimum atomic E-state index is 1.03. The minimum absolute atomic E-state index is 1.03. The summed E-state index contributed by atoms with van der Waals surface area (Å²) >= 11 is 0. The van der Waals surface area contributed by atoms with Crippen molar-refractivity contribution in [3.8, 4) is 44.5 Å². The molecule has 0 amide bonds. The summed E-state index contributed by atoms with van der Waals surface area (Å²) in [5.41, 5.74) is 16.3. The molecule has 72 heavy (non-hydrogen) atoms. The number of nitrogens with zero attached hydrogens (tertiary/aromatic N) is 2. The van der Waals surface area contributed by atoms with Gasteiger partial charge in [0.2, 0.25) is 0 Å². The summed E-state index contributed by atoms with van der Waals surface area (Å²) < 4.78 is 0. The molecule has 0 N–H and O–H groups in total. The number of benzene rings is 12. The fourth-order valence-electron chi connectivity index (χ4n) is 11.1. The summed E-state index contributed by atoms with van der Waals surface area (Å²) in [5, 5.41) is 9.92. The molecule has 0 saturated carbocycles. The van der Waals surface area contributed by atoms with E-state index in [1.807, 2.05) is 0 Å². The smallest absolute Gasteiger partial charge is 0.0462 e. The second kappa shape index (κ2) is 18.6. The fraction of sp³-hybridized carbons (Fsp3) is 0.0286. The highest BCUT2D eigenvalue weighted by molar-refractivity contribution is 6.33. The number of hydrogen-bond donors (Lipinski definition) is 0. The number of para-hydroxylation sites is 3. The summed E-state index contributed by atoms with van der Waals surface area (Å²) in [4.78, 5) is 4.72. The first-order valence-electron chi connectivity index (χ1n) is 25.1.